The summed E-state index contributed by atoms with van der Waals surface area (Å²) < 4.78 is 24.6. The second kappa shape index (κ2) is 5.55. The van der Waals surface area contributed by atoms with Crippen molar-refractivity contribution in [2.45, 2.75) is 13.0 Å². The molecule has 2 aromatic rings. The molecule has 5 heteroatoms. The minimum Gasteiger partial charge on any atom is -0.478 e. The van der Waals surface area contributed by atoms with Crippen LogP contribution in [-0.2, 0) is 0 Å². The molecule has 0 bridgehead atoms. The minimum atomic E-state index is -0.597. The van der Waals surface area contributed by atoms with Crippen molar-refractivity contribution in [2.75, 3.05) is 6.54 Å². The second-order valence-corrected chi connectivity index (χ2v) is 4.05. The topological polar surface area (TPSA) is 72.2 Å². The van der Waals surface area contributed by atoms with Gasteiger partial charge >= 0.3 is 0 Å². The van der Waals surface area contributed by atoms with Crippen molar-refractivity contribution < 1.29 is 13.5 Å². The highest BCUT2D eigenvalue weighted by Gasteiger charge is 2.17. The molecule has 19 heavy (non-hydrogen) atoms. The zero-order valence-corrected chi connectivity index (χ0v) is 10.4. The maximum absolute atomic E-state index is 13.7. The Bertz CT molecular complexity index is 616. The smallest absolute Gasteiger partial charge is 0.168 e. The molecular formula is C14H13FN2O2. The Morgan fingerprint density at radius 2 is 2.21 bits per heavy atom. The zero-order chi connectivity index (χ0) is 13.8. The molecule has 98 valence electrons. The molecule has 0 saturated heterocycles. The molecule has 0 fully saturated rings. The van der Waals surface area contributed by atoms with Gasteiger partial charge in [-0.2, -0.15) is 5.26 Å². The average Bonchev–Trinajstić information content (AvgIpc) is 2.83. The number of benzene rings is 1. The van der Waals surface area contributed by atoms with E-state index in [2.05, 4.69) is 0 Å². The Morgan fingerprint density at radius 3 is 2.74 bits per heavy atom. The highest BCUT2D eigenvalue weighted by atomic mass is 19.1. The largest absolute Gasteiger partial charge is 0.478 e. The Kier molecular flexibility index (Phi) is 3.83. The zero-order valence-electron chi connectivity index (χ0n) is 10.4. The molecule has 0 aliphatic heterocycles. The fourth-order valence-electron chi connectivity index (χ4n) is 1.67. The van der Waals surface area contributed by atoms with E-state index in [1.54, 1.807) is 19.1 Å². The number of rotatable bonds is 4. The van der Waals surface area contributed by atoms with Gasteiger partial charge in [0.2, 0.25) is 0 Å². The van der Waals surface area contributed by atoms with Gasteiger partial charge in [-0.3, -0.25) is 0 Å². The maximum atomic E-state index is 13.7. The Morgan fingerprint density at radius 1 is 1.42 bits per heavy atom. The van der Waals surface area contributed by atoms with Gasteiger partial charge in [0.1, 0.15) is 11.5 Å². The van der Waals surface area contributed by atoms with Crippen LogP contribution in [-0.4, -0.2) is 6.54 Å². The lowest BCUT2D eigenvalue weighted by Crippen LogP contribution is -2.18. The molecule has 2 rings (SSSR count). The van der Waals surface area contributed by atoms with Crippen molar-refractivity contribution >= 4 is 0 Å². The van der Waals surface area contributed by atoms with E-state index in [1.165, 1.54) is 12.1 Å². The van der Waals surface area contributed by atoms with Crippen LogP contribution in [0.3, 0.4) is 0 Å². The molecule has 0 aliphatic carbocycles. The monoisotopic (exact) mass is 260 g/mol. The summed E-state index contributed by atoms with van der Waals surface area (Å²) in [5, 5.41) is 8.67. The molecule has 1 aromatic heterocycles. The van der Waals surface area contributed by atoms with Gasteiger partial charge in [-0.15, -0.1) is 0 Å². The van der Waals surface area contributed by atoms with E-state index in [9.17, 15) is 4.39 Å². The molecular weight excluding hydrogens is 247 g/mol. The first-order valence-corrected chi connectivity index (χ1v) is 5.76. The van der Waals surface area contributed by atoms with Crippen molar-refractivity contribution in [3.05, 3.63) is 53.2 Å². The number of furan rings is 1. The van der Waals surface area contributed by atoms with Gasteiger partial charge < -0.3 is 14.9 Å². The van der Waals surface area contributed by atoms with E-state index in [0.29, 0.717) is 5.76 Å². The van der Waals surface area contributed by atoms with Crippen LogP contribution in [0.4, 0.5) is 4.39 Å². The number of aryl methyl sites for hydroxylation is 1. The summed E-state index contributed by atoms with van der Waals surface area (Å²) in [6.45, 7) is 1.96. The van der Waals surface area contributed by atoms with Gasteiger partial charge in [-0.05, 0) is 37.3 Å². The van der Waals surface area contributed by atoms with Crippen LogP contribution >= 0.6 is 0 Å². The second-order valence-electron chi connectivity index (χ2n) is 4.05. The molecule has 1 heterocycles. The van der Waals surface area contributed by atoms with Gasteiger partial charge in [-0.25, -0.2) is 4.39 Å². The van der Waals surface area contributed by atoms with E-state index in [1.807, 2.05) is 6.07 Å². The lowest BCUT2D eigenvalue weighted by atomic mass is 10.2. The Labute approximate surface area is 110 Å². The van der Waals surface area contributed by atoms with Crippen LogP contribution in [0, 0.1) is 24.1 Å². The van der Waals surface area contributed by atoms with Crippen LogP contribution in [0.5, 0.6) is 5.75 Å². The highest BCUT2D eigenvalue weighted by molar-refractivity contribution is 5.36. The summed E-state index contributed by atoms with van der Waals surface area (Å²) >= 11 is 0. The SMILES string of the molecule is Cc1ccc(C(CN)Oc2ccc(C#N)cc2F)o1. The highest BCUT2D eigenvalue weighted by Crippen LogP contribution is 2.25. The standard InChI is InChI=1S/C14H13FN2O2/c1-9-2-4-13(18-9)14(8-17)19-12-5-3-10(7-16)6-11(12)15/h2-6,14H,8,17H2,1H3. The minimum absolute atomic E-state index is 0.0449. The molecule has 0 radical (unpaired) electrons. The first-order chi connectivity index (χ1) is 9.13. The van der Waals surface area contributed by atoms with Crippen molar-refractivity contribution in [3.8, 4) is 11.8 Å². The van der Waals surface area contributed by atoms with Crippen molar-refractivity contribution in [1.82, 2.24) is 0 Å². The molecule has 1 aromatic carbocycles. The molecule has 1 unspecified atom stereocenters. The van der Waals surface area contributed by atoms with Gasteiger partial charge in [0.15, 0.2) is 17.7 Å². The molecule has 0 aliphatic rings. The molecule has 0 spiro atoms. The molecule has 0 amide bonds. The number of nitriles is 1. The number of nitrogens with two attached hydrogens (primary N) is 1. The number of ether oxygens (including phenoxy) is 1. The lowest BCUT2D eigenvalue weighted by molar-refractivity contribution is 0.175. The number of hydrogen-bond donors (Lipinski definition) is 1. The van der Waals surface area contributed by atoms with Crippen LogP contribution in [0.15, 0.2) is 34.7 Å². The van der Waals surface area contributed by atoms with Crippen LogP contribution < -0.4 is 10.5 Å². The van der Waals surface area contributed by atoms with Gasteiger partial charge in [0.05, 0.1) is 11.6 Å². The Balaban J connectivity index is 2.21. The normalized spacial score (nSPS) is 11.9. The van der Waals surface area contributed by atoms with Crippen molar-refractivity contribution in [3.63, 3.8) is 0 Å². The molecule has 4 nitrogen and oxygen atoms in total. The predicted octanol–water partition coefficient (Wildman–Crippen LogP) is 2.68. The third-order valence-electron chi connectivity index (χ3n) is 2.62. The van der Waals surface area contributed by atoms with E-state index in [4.69, 9.17) is 20.1 Å². The van der Waals surface area contributed by atoms with E-state index in [-0.39, 0.29) is 17.9 Å². The van der Waals surface area contributed by atoms with Crippen molar-refractivity contribution in [1.29, 1.82) is 5.26 Å². The third kappa shape index (κ3) is 2.92. The van der Waals surface area contributed by atoms with Gasteiger partial charge in [0.25, 0.3) is 0 Å². The van der Waals surface area contributed by atoms with Gasteiger partial charge in [0, 0.05) is 6.54 Å². The summed E-state index contributed by atoms with van der Waals surface area (Å²) in [7, 11) is 0. The predicted molar refractivity (Wildman–Crippen MR) is 67.0 cm³/mol. The van der Waals surface area contributed by atoms with Crippen LogP contribution in [0.25, 0.3) is 0 Å². The summed E-state index contributed by atoms with van der Waals surface area (Å²) in [6, 6.07) is 9.41. The summed E-state index contributed by atoms with van der Waals surface area (Å²) in [5.74, 6) is 0.727. The Hall–Kier alpha value is -2.32. The molecule has 1 atom stereocenters. The van der Waals surface area contributed by atoms with Crippen LogP contribution in [0.2, 0.25) is 0 Å². The van der Waals surface area contributed by atoms with E-state index >= 15 is 0 Å². The lowest BCUT2D eigenvalue weighted by Gasteiger charge is -2.15. The van der Waals surface area contributed by atoms with E-state index < -0.39 is 11.9 Å². The molecule has 2 N–H and O–H groups in total. The van der Waals surface area contributed by atoms with Crippen LogP contribution in [0.1, 0.15) is 23.2 Å². The number of nitrogens with zero attached hydrogens (tertiary/aromatic N) is 1. The van der Waals surface area contributed by atoms with Crippen molar-refractivity contribution in [2.24, 2.45) is 5.73 Å². The quantitative estimate of drug-likeness (QED) is 0.917. The fourth-order valence-corrected chi connectivity index (χ4v) is 1.67. The average molecular weight is 260 g/mol. The fraction of sp³-hybridized carbons (Fsp3) is 0.214. The summed E-state index contributed by atoms with van der Waals surface area (Å²) in [4.78, 5) is 0. The first kappa shape index (κ1) is 13.1. The maximum Gasteiger partial charge on any atom is 0.168 e. The summed E-state index contributed by atoms with van der Waals surface area (Å²) in [6.07, 6.45) is -0.559. The van der Waals surface area contributed by atoms with E-state index in [0.717, 1.165) is 11.8 Å². The summed E-state index contributed by atoms with van der Waals surface area (Å²) in [5.41, 5.74) is 5.85. The molecule has 0 saturated carbocycles. The first-order valence-electron chi connectivity index (χ1n) is 5.76. The number of halogens is 1. The van der Waals surface area contributed by atoms with Gasteiger partial charge in [-0.1, -0.05) is 0 Å². The number of hydrogen-bond acceptors (Lipinski definition) is 4. The third-order valence-corrected chi connectivity index (χ3v) is 2.62.